The number of aryl methyl sites for hydroxylation is 1. The molecule has 0 atom stereocenters. The average molecular weight is 324 g/mol. The Bertz CT molecular complexity index is 744. The van der Waals surface area contributed by atoms with Crippen LogP contribution in [0, 0.1) is 0 Å². The zero-order valence-electron chi connectivity index (χ0n) is 13.6. The Hall–Kier alpha value is -2.82. The van der Waals surface area contributed by atoms with E-state index in [1.165, 1.54) is 0 Å². The monoisotopic (exact) mass is 324 g/mol. The Morgan fingerprint density at radius 3 is 2.75 bits per heavy atom. The molecule has 0 aliphatic carbocycles. The van der Waals surface area contributed by atoms with E-state index in [1.807, 2.05) is 55.5 Å². The topological polar surface area (TPSA) is 58.6 Å². The summed E-state index contributed by atoms with van der Waals surface area (Å²) < 4.78 is 5.34. The van der Waals surface area contributed by atoms with Gasteiger partial charge in [-0.25, -0.2) is 0 Å². The first-order valence-corrected chi connectivity index (χ1v) is 8.08. The highest BCUT2D eigenvalue weighted by Crippen LogP contribution is 2.29. The highest BCUT2D eigenvalue weighted by atomic mass is 16.5. The number of carbonyl (C=O) groups excluding carboxylic acids is 2. The van der Waals surface area contributed by atoms with Crippen LogP contribution in [0.3, 0.4) is 0 Å². The standard InChI is InChI=1S/C19H20N2O3/c1-2-21(15-6-4-3-5-7-15)19(23)11-9-14-8-10-17-16(12-14)20-18(22)13-24-17/h3-8,10,12H,2,9,11,13H2,1H3,(H,20,22). The number of anilines is 2. The molecule has 24 heavy (non-hydrogen) atoms. The van der Waals surface area contributed by atoms with Crippen molar-refractivity contribution < 1.29 is 14.3 Å². The van der Waals surface area contributed by atoms with E-state index in [0.717, 1.165) is 11.3 Å². The molecule has 0 radical (unpaired) electrons. The minimum absolute atomic E-state index is 0.0490. The first-order chi connectivity index (χ1) is 11.7. The van der Waals surface area contributed by atoms with E-state index in [-0.39, 0.29) is 18.4 Å². The zero-order chi connectivity index (χ0) is 16.9. The van der Waals surface area contributed by atoms with Gasteiger partial charge in [-0.3, -0.25) is 9.59 Å². The molecule has 2 aromatic carbocycles. The lowest BCUT2D eigenvalue weighted by molar-refractivity contribution is -0.119. The maximum atomic E-state index is 12.5. The highest BCUT2D eigenvalue weighted by Gasteiger charge is 2.17. The number of benzene rings is 2. The Labute approximate surface area is 141 Å². The molecule has 0 bridgehead atoms. The number of hydrogen-bond donors (Lipinski definition) is 1. The summed E-state index contributed by atoms with van der Waals surface area (Å²) in [6, 6.07) is 15.3. The van der Waals surface area contributed by atoms with Crippen molar-refractivity contribution in [2.45, 2.75) is 19.8 Å². The average Bonchev–Trinajstić information content (AvgIpc) is 2.61. The Morgan fingerprint density at radius 1 is 1.21 bits per heavy atom. The van der Waals surface area contributed by atoms with Gasteiger partial charge >= 0.3 is 0 Å². The van der Waals surface area contributed by atoms with Crippen LogP contribution in [0.2, 0.25) is 0 Å². The minimum Gasteiger partial charge on any atom is -0.482 e. The molecule has 3 rings (SSSR count). The third kappa shape index (κ3) is 3.56. The molecule has 5 nitrogen and oxygen atoms in total. The molecule has 1 aliphatic heterocycles. The summed E-state index contributed by atoms with van der Waals surface area (Å²) >= 11 is 0. The number of fused-ring (bicyclic) bond motifs is 1. The van der Waals surface area contributed by atoms with Crippen LogP contribution in [0.25, 0.3) is 0 Å². The molecule has 1 heterocycles. The summed E-state index contributed by atoms with van der Waals surface area (Å²) in [5, 5.41) is 2.79. The van der Waals surface area contributed by atoms with Gasteiger partial charge in [0.1, 0.15) is 5.75 Å². The van der Waals surface area contributed by atoms with E-state index >= 15 is 0 Å². The molecule has 1 aliphatic rings. The van der Waals surface area contributed by atoms with Crippen molar-refractivity contribution in [3.05, 3.63) is 54.1 Å². The Morgan fingerprint density at radius 2 is 2.00 bits per heavy atom. The number of ether oxygens (including phenoxy) is 1. The number of amides is 2. The quantitative estimate of drug-likeness (QED) is 0.920. The van der Waals surface area contributed by atoms with Gasteiger partial charge < -0.3 is 15.0 Å². The molecular weight excluding hydrogens is 304 g/mol. The number of nitrogens with zero attached hydrogens (tertiary/aromatic N) is 1. The number of nitrogens with one attached hydrogen (secondary N) is 1. The Balaban J connectivity index is 1.66. The van der Waals surface area contributed by atoms with Gasteiger partial charge in [-0.2, -0.15) is 0 Å². The summed E-state index contributed by atoms with van der Waals surface area (Å²) in [6.45, 7) is 2.65. The zero-order valence-corrected chi connectivity index (χ0v) is 13.6. The lowest BCUT2D eigenvalue weighted by Gasteiger charge is -2.21. The molecular formula is C19H20N2O3. The largest absolute Gasteiger partial charge is 0.482 e. The van der Waals surface area contributed by atoms with E-state index in [9.17, 15) is 9.59 Å². The Kier molecular flexibility index (Phi) is 4.79. The van der Waals surface area contributed by atoms with Crippen molar-refractivity contribution in [1.29, 1.82) is 0 Å². The fourth-order valence-electron chi connectivity index (χ4n) is 2.78. The maximum Gasteiger partial charge on any atom is 0.262 e. The van der Waals surface area contributed by atoms with E-state index in [2.05, 4.69) is 5.32 Å². The van der Waals surface area contributed by atoms with E-state index in [1.54, 1.807) is 4.90 Å². The predicted molar refractivity (Wildman–Crippen MR) is 93.4 cm³/mol. The molecule has 0 unspecified atom stereocenters. The van der Waals surface area contributed by atoms with Gasteiger partial charge in [0, 0.05) is 18.7 Å². The van der Waals surface area contributed by atoms with Gasteiger partial charge in [-0.05, 0) is 43.2 Å². The molecule has 2 amide bonds. The van der Waals surface area contributed by atoms with Crippen LogP contribution < -0.4 is 15.0 Å². The first-order valence-electron chi connectivity index (χ1n) is 8.08. The maximum absolute atomic E-state index is 12.5. The van der Waals surface area contributed by atoms with Gasteiger partial charge in [-0.15, -0.1) is 0 Å². The second kappa shape index (κ2) is 7.17. The van der Waals surface area contributed by atoms with Crippen molar-refractivity contribution in [2.75, 3.05) is 23.4 Å². The molecule has 1 N–H and O–H groups in total. The number of para-hydroxylation sites is 1. The molecule has 0 aromatic heterocycles. The van der Waals surface area contributed by atoms with Crippen molar-refractivity contribution >= 4 is 23.2 Å². The fraction of sp³-hybridized carbons (Fsp3) is 0.263. The lowest BCUT2D eigenvalue weighted by Crippen LogP contribution is -2.30. The van der Waals surface area contributed by atoms with Crippen LogP contribution >= 0.6 is 0 Å². The van der Waals surface area contributed by atoms with Crippen molar-refractivity contribution in [2.24, 2.45) is 0 Å². The van der Waals surface area contributed by atoms with E-state index in [4.69, 9.17) is 4.74 Å². The van der Waals surface area contributed by atoms with E-state index < -0.39 is 0 Å². The van der Waals surface area contributed by atoms with Crippen LogP contribution in [-0.4, -0.2) is 25.0 Å². The van der Waals surface area contributed by atoms with Crippen LogP contribution in [0.5, 0.6) is 5.75 Å². The molecule has 2 aromatic rings. The van der Waals surface area contributed by atoms with Crippen LogP contribution in [0.1, 0.15) is 18.9 Å². The van der Waals surface area contributed by atoms with E-state index in [0.29, 0.717) is 30.8 Å². The van der Waals surface area contributed by atoms with Gasteiger partial charge in [0.05, 0.1) is 5.69 Å². The fourth-order valence-corrected chi connectivity index (χ4v) is 2.78. The van der Waals surface area contributed by atoms with Gasteiger partial charge in [-0.1, -0.05) is 24.3 Å². The number of rotatable bonds is 5. The molecule has 0 saturated heterocycles. The van der Waals surface area contributed by atoms with Gasteiger partial charge in [0.25, 0.3) is 5.91 Å². The smallest absolute Gasteiger partial charge is 0.262 e. The minimum atomic E-state index is -0.156. The molecule has 124 valence electrons. The third-order valence-electron chi connectivity index (χ3n) is 3.99. The first kappa shape index (κ1) is 16.1. The highest BCUT2D eigenvalue weighted by molar-refractivity contribution is 5.95. The predicted octanol–water partition coefficient (Wildman–Crippen LogP) is 3.00. The van der Waals surface area contributed by atoms with Crippen molar-refractivity contribution in [3.63, 3.8) is 0 Å². The second-order valence-electron chi connectivity index (χ2n) is 5.64. The van der Waals surface area contributed by atoms with Gasteiger partial charge in [0.2, 0.25) is 5.91 Å². The van der Waals surface area contributed by atoms with Crippen LogP contribution in [0.4, 0.5) is 11.4 Å². The molecule has 5 heteroatoms. The lowest BCUT2D eigenvalue weighted by atomic mass is 10.1. The summed E-state index contributed by atoms with van der Waals surface area (Å²) in [5.41, 5.74) is 2.58. The number of hydrogen-bond acceptors (Lipinski definition) is 3. The molecule has 0 spiro atoms. The SMILES string of the molecule is CCN(C(=O)CCc1ccc2c(c1)NC(=O)CO2)c1ccccc1. The number of carbonyl (C=O) groups is 2. The van der Waals surface area contributed by atoms with Crippen LogP contribution in [-0.2, 0) is 16.0 Å². The summed E-state index contributed by atoms with van der Waals surface area (Å²) in [6.07, 6.45) is 1.03. The van der Waals surface area contributed by atoms with Crippen molar-refractivity contribution in [1.82, 2.24) is 0 Å². The summed E-state index contributed by atoms with van der Waals surface area (Å²) in [7, 11) is 0. The van der Waals surface area contributed by atoms with Crippen LogP contribution in [0.15, 0.2) is 48.5 Å². The second-order valence-corrected chi connectivity index (χ2v) is 5.64. The van der Waals surface area contributed by atoms with Gasteiger partial charge in [0.15, 0.2) is 6.61 Å². The molecule has 0 fully saturated rings. The van der Waals surface area contributed by atoms with Crippen molar-refractivity contribution in [3.8, 4) is 5.75 Å². The normalized spacial score (nSPS) is 12.8. The summed E-state index contributed by atoms with van der Waals surface area (Å²) in [5.74, 6) is 0.600. The third-order valence-corrected chi connectivity index (χ3v) is 3.99. The summed E-state index contributed by atoms with van der Waals surface area (Å²) in [4.78, 5) is 25.7. The molecule has 0 saturated carbocycles.